The van der Waals surface area contributed by atoms with Gasteiger partial charge in [0.1, 0.15) is 10.0 Å². The Morgan fingerprint density at radius 1 is 1.32 bits per heavy atom. The van der Waals surface area contributed by atoms with Crippen LogP contribution in [0, 0.1) is 5.82 Å². The predicted molar refractivity (Wildman–Crippen MR) is 85.2 cm³/mol. The molecule has 0 radical (unpaired) electrons. The number of piperazine rings is 1. The summed E-state index contributed by atoms with van der Waals surface area (Å²) in [5, 5.41) is 3.16. The number of thiophene rings is 1. The second kappa shape index (κ2) is 6.25. The molecule has 1 fully saturated rings. The van der Waals surface area contributed by atoms with Gasteiger partial charge in [0.15, 0.2) is 0 Å². The van der Waals surface area contributed by atoms with Crippen LogP contribution < -0.4 is 5.32 Å². The maximum atomic E-state index is 13.5. The summed E-state index contributed by atoms with van der Waals surface area (Å²) in [6.45, 7) is 1.34. The Labute approximate surface area is 137 Å². The molecule has 1 saturated heterocycles. The van der Waals surface area contributed by atoms with E-state index in [1.54, 1.807) is 18.2 Å². The van der Waals surface area contributed by atoms with Gasteiger partial charge in [0.2, 0.25) is 0 Å². The number of nitrogens with zero attached hydrogens (tertiary/aromatic N) is 1. The minimum atomic E-state index is -3.65. The van der Waals surface area contributed by atoms with E-state index in [2.05, 4.69) is 5.32 Å². The van der Waals surface area contributed by atoms with Crippen molar-refractivity contribution < 1.29 is 12.8 Å². The summed E-state index contributed by atoms with van der Waals surface area (Å²) in [5.41, 5.74) is 0.637. The fourth-order valence-electron chi connectivity index (χ4n) is 2.52. The standard InChI is InChI=1S/C14H14ClFN2O2S2/c15-13-4-5-14(21-13)22(19,20)18-7-6-17-9-12(18)10-2-1-3-11(16)8-10/h1-5,8,12,17H,6-7,9H2. The van der Waals surface area contributed by atoms with Crippen molar-refractivity contribution in [2.24, 2.45) is 0 Å². The van der Waals surface area contributed by atoms with Gasteiger partial charge in [-0.15, -0.1) is 11.3 Å². The van der Waals surface area contributed by atoms with Crippen LogP contribution in [0.1, 0.15) is 11.6 Å². The average Bonchev–Trinajstić information content (AvgIpc) is 2.95. The van der Waals surface area contributed by atoms with Gasteiger partial charge in [-0.2, -0.15) is 4.31 Å². The van der Waals surface area contributed by atoms with E-state index in [0.29, 0.717) is 29.5 Å². The van der Waals surface area contributed by atoms with E-state index in [0.717, 1.165) is 11.3 Å². The molecule has 2 aromatic rings. The summed E-state index contributed by atoms with van der Waals surface area (Å²) in [5.74, 6) is -0.375. The van der Waals surface area contributed by atoms with Crippen LogP contribution in [0.15, 0.2) is 40.6 Å². The first-order valence-corrected chi connectivity index (χ1v) is 9.35. The molecule has 4 nitrogen and oxygen atoms in total. The summed E-state index contributed by atoms with van der Waals surface area (Å²) in [7, 11) is -3.65. The van der Waals surface area contributed by atoms with Crippen molar-refractivity contribution in [3.63, 3.8) is 0 Å². The third kappa shape index (κ3) is 3.04. The van der Waals surface area contributed by atoms with Gasteiger partial charge >= 0.3 is 0 Å². The zero-order chi connectivity index (χ0) is 15.7. The Morgan fingerprint density at radius 2 is 2.14 bits per heavy atom. The molecular weight excluding hydrogens is 347 g/mol. The molecule has 1 unspecified atom stereocenters. The van der Waals surface area contributed by atoms with Gasteiger partial charge in [-0.05, 0) is 29.8 Å². The van der Waals surface area contributed by atoms with Crippen LogP contribution in [-0.4, -0.2) is 32.4 Å². The summed E-state index contributed by atoms with van der Waals surface area (Å²) >= 11 is 6.88. The fraction of sp³-hybridized carbons (Fsp3) is 0.286. The first-order valence-electron chi connectivity index (χ1n) is 6.72. The van der Waals surface area contributed by atoms with Crippen molar-refractivity contribution in [2.75, 3.05) is 19.6 Å². The fourth-order valence-corrected chi connectivity index (χ4v) is 5.75. The molecule has 1 aromatic carbocycles. The van der Waals surface area contributed by atoms with Gasteiger partial charge in [-0.3, -0.25) is 0 Å². The summed E-state index contributed by atoms with van der Waals surface area (Å²) in [6, 6.07) is 8.69. The van der Waals surface area contributed by atoms with Gasteiger partial charge < -0.3 is 5.32 Å². The number of sulfonamides is 1. The van der Waals surface area contributed by atoms with Crippen molar-refractivity contribution in [3.8, 4) is 0 Å². The van der Waals surface area contributed by atoms with Crippen LogP contribution in [0.4, 0.5) is 4.39 Å². The second-order valence-electron chi connectivity index (χ2n) is 4.95. The molecule has 118 valence electrons. The van der Waals surface area contributed by atoms with Crippen LogP contribution in [0.25, 0.3) is 0 Å². The minimum absolute atomic E-state index is 0.209. The smallest absolute Gasteiger partial charge is 0.253 e. The van der Waals surface area contributed by atoms with E-state index in [-0.39, 0.29) is 10.0 Å². The van der Waals surface area contributed by atoms with Crippen LogP contribution >= 0.6 is 22.9 Å². The van der Waals surface area contributed by atoms with E-state index in [1.165, 1.54) is 22.5 Å². The maximum absolute atomic E-state index is 13.5. The quantitative estimate of drug-likeness (QED) is 0.915. The Kier molecular flexibility index (Phi) is 4.52. The normalized spacial score (nSPS) is 20.2. The molecule has 1 aromatic heterocycles. The third-order valence-electron chi connectivity index (χ3n) is 3.54. The van der Waals surface area contributed by atoms with Crippen LogP contribution in [0.5, 0.6) is 0 Å². The Hall–Kier alpha value is -0.990. The van der Waals surface area contributed by atoms with Crippen LogP contribution in [-0.2, 0) is 10.0 Å². The van der Waals surface area contributed by atoms with Crippen LogP contribution in [0.3, 0.4) is 0 Å². The summed E-state index contributed by atoms with van der Waals surface area (Å²) in [4.78, 5) is 0. The Balaban J connectivity index is 1.99. The second-order valence-corrected chi connectivity index (χ2v) is 8.78. The Bertz CT molecular complexity index is 779. The van der Waals surface area contributed by atoms with Gasteiger partial charge in [-0.1, -0.05) is 23.7 Å². The molecule has 2 heterocycles. The number of halogens is 2. The first kappa shape index (κ1) is 15.9. The molecule has 0 amide bonds. The molecule has 0 aliphatic carbocycles. The van der Waals surface area contributed by atoms with E-state index >= 15 is 0 Å². The lowest BCUT2D eigenvalue weighted by atomic mass is 10.1. The molecular formula is C14H14ClFN2O2S2. The van der Waals surface area contributed by atoms with Gasteiger partial charge in [-0.25, -0.2) is 12.8 Å². The molecule has 1 aliphatic heterocycles. The highest BCUT2D eigenvalue weighted by Gasteiger charge is 2.35. The van der Waals surface area contributed by atoms with Gasteiger partial charge in [0.25, 0.3) is 10.0 Å². The van der Waals surface area contributed by atoms with E-state index in [4.69, 9.17) is 11.6 Å². The van der Waals surface area contributed by atoms with E-state index < -0.39 is 16.1 Å². The number of benzene rings is 1. The topological polar surface area (TPSA) is 49.4 Å². The molecule has 22 heavy (non-hydrogen) atoms. The predicted octanol–water partition coefficient (Wildman–Crippen LogP) is 2.88. The number of rotatable bonds is 3. The van der Waals surface area contributed by atoms with E-state index in [9.17, 15) is 12.8 Å². The molecule has 1 atom stereocenters. The molecule has 1 N–H and O–H groups in total. The SMILES string of the molecule is O=S(=O)(c1ccc(Cl)s1)N1CCNCC1c1cccc(F)c1. The molecule has 1 aliphatic rings. The third-order valence-corrected chi connectivity index (χ3v) is 7.15. The monoisotopic (exact) mass is 360 g/mol. The van der Waals surface area contributed by atoms with Crippen molar-refractivity contribution in [1.29, 1.82) is 0 Å². The highest BCUT2D eigenvalue weighted by atomic mass is 35.5. The lowest BCUT2D eigenvalue weighted by Crippen LogP contribution is -2.48. The number of hydrogen-bond acceptors (Lipinski definition) is 4. The van der Waals surface area contributed by atoms with E-state index in [1.807, 2.05) is 0 Å². The summed E-state index contributed by atoms with van der Waals surface area (Å²) in [6.07, 6.45) is 0. The zero-order valence-corrected chi connectivity index (χ0v) is 13.9. The van der Waals surface area contributed by atoms with Gasteiger partial charge in [0, 0.05) is 19.6 Å². The molecule has 0 bridgehead atoms. The Morgan fingerprint density at radius 3 is 2.82 bits per heavy atom. The largest absolute Gasteiger partial charge is 0.313 e. The van der Waals surface area contributed by atoms with Crippen molar-refractivity contribution in [3.05, 3.63) is 52.1 Å². The lowest BCUT2D eigenvalue weighted by molar-refractivity contribution is 0.271. The number of hydrogen-bond donors (Lipinski definition) is 1. The first-order chi connectivity index (χ1) is 10.5. The van der Waals surface area contributed by atoms with Crippen LogP contribution in [0.2, 0.25) is 4.34 Å². The molecule has 8 heteroatoms. The number of nitrogens with one attached hydrogen (secondary N) is 1. The zero-order valence-electron chi connectivity index (χ0n) is 11.5. The molecule has 3 rings (SSSR count). The summed E-state index contributed by atoms with van der Waals surface area (Å²) < 4.78 is 41.2. The molecule has 0 spiro atoms. The molecule has 0 saturated carbocycles. The van der Waals surface area contributed by atoms with Crippen molar-refractivity contribution in [2.45, 2.75) is 10.3 Å². The highest BCUT2D eigenvalue weighted by Crippen LogP contribution is 2.33. The van der Waals surface area contributed by atoms with Gasteiger partial charge in [0.05, 0.1) is 10.4 Å². The maximum Gasteiger partial charge on any atom is 0.253 e. The minimum Gasteiger partial charge on any atom is -0.313 e. The average molecular weight is 361 g/mol. The van der Waals surface area contributed by atoms with Crippen molar-refractivity contribution >= 4 is 33.0 Å². The highest BCUT2D eigenvalue weighted by molar-refractivity contribution is 7.91. The lowest BCUT2D eigenvalue weighted by Gasteiger charge is -2.35. The van der Waals surface area contributed by atoms with Crippen molar-refractivity contribution in [1.82, 2.24) is 9.62 Å².